The highest BCUT2D eigenvalue weighted by molar-refractivity contribution is 9.10. The van der Waals surface area contributed by atoms with E-state index in [1.807, 2.05) is 55.5 Å². The van der Waals surface area contributed by atoms with Crippen molar-refractivity contribution < 1.29 is 23.8 Å². The lowest BCUT2D eigenvalue weighted by atomic mass is 10.1. The highest BCUT2D eigenvalue weighted by Gasteiger charge is 2.20. The fourth-order valence-electron chi connectivity index (χ4n) is 3.68. The van der Waals surface area contributed by atoms with Crippen molar-refractivity contribution >= 4 is 27.8 Å². The van der Waals surface area contributed by atoms with E-state index in [9.17, 15) is 14.7 Å². The van der Waals surface area contributed by atoms with Gasteiger partial charge in [-0.25, -0.2) is 9.78 Å². The molecule has 0 saturated carbocycles. The Bertz CT molecular complexity index is 1360. The summed E-state index contributed by atoms with van der Waals surface area (Å²) < 4.78 is 12.4. The van der Waals surface area contributed by atoms with Crippen LogP contribution < -0.4 is 10.1 Å². The molecule has 0 aliphatic rings. The molecule has 1 aromatic heterocycles. The minimum atomic E-state index is -1.07. The molecular weight excluding hydrogens is 560 g/mol. The Balaban J connectivity index is 0.000000520. The first-order valence-electron chi connectivity index (χ1n) is 12.7. The maximum absolute atomic E-state index is 11.6. The molecule has 8 heteroatoms. The van der Waals surface area contributed by atoms with E-state index in [0.717, 1.165) is 22.6 Å². The minimum absolute atomic E-state index is 0.181. The van der Waals surface area contributed by atoms with E-state index in [4.69, 9.17) is 9.15 Å². The summed E-state index contributed by atoms with van der Waals surface area (Å²) in [6.45, 7) is 6.06. The number of carboxylic acids is 1. The Labute approximate surface area is 237 Å². The number of carbonyl (C=O) groups excluding carboxylic acids is 1. The van der Waals surface area contributed by atoms with Crippen LogP contribution in [0.25, 0.3) is 11.5 Å². The maximum Gasteiger partial charge on any atom is 0.326 e. The third-order valence-electron chi connectivity index (χ3n) is 5.84. The van der Waals surface area contributed by atoms with E-state index >= 15 is 0 Å². The minimum Gasteiger partial charge on any atom is -0.492 e. The average Bonchev–Trinajstić information content (AvgIpc) is 3.31. The molecule has 1 atom stereocenters. The molecule has 7 nitrogen and oxygen atoms in total. The fraction of sp³-hybridized carbons (Fsp3) is 0.258. The lowest BCUT2D eigenvalue weighted by molar-refractivity contribution is -0.141. The number of amides is 1. The zero-order chi connectivity index (χ0) is 28.2. The van der Waals surface area contributed by atoms with Gasteiger partial charge in [0, 0.05) is 24.8 Å². The number of aliphatic carboxylic acids is 1. The van der Waals surface area contributed by atoms with Gasteiger partial charge in [-0.3, -0.25) is 4.79 Å². The monoisotopic (exact) mass is 592 g/mol. The number of ether oxygens (including phenoxy) is 1. The average molecular weight is 594 g/mol. The van der Waals surface area contributed by atoms with Crippen molar-refractivity contribution in [2.24, 2.45) is 0 Å². The van der Waals surface area contributed by atoms with Gasteiger partial charge < -0.3 is 19.6 Å². The Morgan fingerprint density at radius 1 is 1.03 bits per heavy atom. The molecule has 0 aliphatic carbocycles. The van der Waals surface area contributed by atoms with Crippen LogP contribution in [-0.4, -0.2) is 34.6 Å². The van der Waals surface area contributed by atoms with E-state index in [2.05, 4.69) is 45.3 Å². The quantitative estimate of drug-likeness (QED) is 0.216. The first-order valence-corrected chi connectivity index (χ1v) is 13.5. The van der Waals surface area contributed by atoms with Crippen LogP contribution in [-0.2, 0) is 22.4 Å². The number of oxazole rings is 1. The highest BCUT2D eigenvalue weighted by atomic mass is 79.9. The molecule has 4 rings (SSSR count). The van der Waals surface area contributed by atoms with E-state index in [-0.39, 0.29) is 18.7 Å². The molecule has 204 valence electrons. The molecule has 0 saturated heterocycles. The Morgan fingerprint density at radius 2 is 1.69 bits per heavy atom. The summed E-state index contributed by atoms with van der Waals surface area (Å²) in [6, 6.07) is 24.4. The van der Waals surface area contributed by atoms with Gasteiger partial charge in [-0.15, -0.1) is 0 Å². The molecular formula is C31H33BrN2O5. The number of halogens is 1. The van der Waals surface area contributed by atoms with E-state index in [1.54, 1.807) is 25.1 Å². The number of benzene rings is 3. The first-order chi connectivity index (χ1) is 18.8. The summed E-state index contributed by atoms with van der Waals surface area (Å²) in [5.74, 6) is 0.626. The van der Waals surface area contributed by atoms with Gasteiger partial charge in [0.05, 0.1) is 16.8 Å². The van der Waals surface area contributed by atoms with Crippen LogP contribution in [0.2, 0.25) is 0 Å². The number of hydrogen-bond donors (Lipinski definition) is 2. The smallest absolute Gasteiger partial charge is 0.326 e. The predicted octanol–water partition coefficient (Wildman–Crippen LogP) is 6.55. The number of carboxylic acid groups (broad SMARTS) is 1. The van der Waals surface area contributed by atoms with Gasteiger partial charge in [0.15, 0.2) is 0 Å². The topological polar surface area (TPSA) is 102 Å². The Hall–Kier alpha value is -3.91. The standard InChI is InChI=1S/C24H25BrN2O5.C7H8/c1-3-22(28)26-20(24(29)30)14-16-9-10-21(18(25)13-16)31-12-11-19-15(2)32-23(27-19)17-7-5-4-6-8-17;1-7-5-3-2-4-6-7/h4-10,13,20H,3,11-12,14H2,1-2H3,(H,26,28)(H,29,30);2-6H,1H3. The van der Waals surface area contributed by atoms with Crippen molar-refractivity contribution in [3.8, 4) is 17.2 Å². The number of rotatable bonds is 10. The number of aryl methyl sites for hydroxylation is 2. The molecule has 0 radical (unpaired) electrons. The number of hydrogen-bond acceptors (Lipinski definition) is 5. The number of nitrogens with one attached hydrogen (secondary N) is 1. The van der Waals surface area contributed by atoms with Crippen LogP contribution in [0, 0.1) is 13.8 Å². The third kappa shape index (κ3) is 9.41. The zero-order valence-electron chi connectivity index (χ0n) is 22.3. The lowest BCUT2D eigenvalue weighted by Gasteiger charge is -2.15. The third-order valence-corrected chi connectivity index (χ3v) is 6.46. The number of carbonyl (C=O) groups is 2. The zero-order valence-corrected chi connectivity index (χ0v) is 23.9. The van der Waals surface area contributed by atoms with Crippen LogP contribution in [0.5, 0.6) is 5.75 Å². The largest absolute Gasteiger partial charge is 0.492 e. The lowest BCUT2D eigenvalue weighted by Crippen LogP contribution is -2.42. The Kier molecular flexibility index (Phi) is 11.3. The first kappa shape index (κ1) is 29.6. The van der Waals surface area contributed by atoms with Gasteiger partial charge in [-0.05, 0) is 59.6 Å². The summed E-state index contributed by atoms with van der Waals surface area (Å²) >= 11 is 3.48. The van der Waals surface area contributed by atoms with E-state index in [0.29, 0.717) is 29.1 Å². The SMILES string of the molecule is CCC(=O)NC(Cc1ccc(OCCc2nc(-c3ccccc3)oc2C)c(Br)c1)C(=O)O.Cc1ccccc1. The molecule has 39 heavy (non-hydrogen) atoms. The van der Waals surface area contributed by atoms with Crippen molar-refractivity contribution in [2.45, 2.75) is 46.1 Å². The second kappa shape index (κ2) is 14.9. The summed E-state index contributed by atoms with van der Waals surface area (Å²) in [5.41, 5.74) is 3.86. The molecule has 3 aromatic carbocycles. The highest BCUT2D eigenvalue weighted by Crippen LogP contribution is 2.27. The summed E-state index contributed by atoms with van der Waals surface area (Å²) in [7, 11) is 0. The van der Waals surface area contributed by atoms with Crippen molar-refractivity contribution in [3.63, 3.8) is 0 Å². The maximum atomic E-state index is 11.6. The van der Waals surface area contributed by atoms with Crippen LogP contribution >= 0.6 is 15.9 Å². The van der Waals surface area contributed by atoms with Crippen molar-refractivity contribution in [1.29, 1.82) is 0 Å². The second-order valence-electron chi connectivity index (χ2n) is 8.92. The van der Waals surface area contributed by atoms with Crippen molar-refractivity contribution in [2.75, 3.05) is 6.61 Å². The van der Waals surface area contributed by atoms with E-state index < -0.39 is 12.0 Å². The summed E-state index contributed by atoms with van der Waals surface area (Å²) in [4.78, 5) is 27.6. The van der Waals surface area contributed by atoms with Gasteiger partial charge in [-0.2, -0.15) is 0 Å². The molecule has 0 aliphatic heterocycles. The van der Waals surface area contributed by atoms with Crippen molar-refractivity contribution in [3.05, 3.63) is 106 Å². The molecule has 4 aromatic rings. The predicted molar refractivity (Wildman–Crippen MR) is 155 cm³/mol. The van der Waals surface area contributed by atoms with Crippen LogP contribution in [0.15, 0.2) is 87.8 Å². The molecule has 0 spiro atoms. The normalized spacial score (nSPS) is 11.2. The van der Waals surface area contributed by atoms with Crippen LogP contribution in [0.4, 0.5) is 0 Å². The summed E-state index contributed by atoms with van der Waals surface area (Å²) in [6.07, 6.45) is 0.999. The van der Waals surface area contributed by atoms with Crippen LogP contribution in [0.3, 0.4) is 0 Å². The Morgan fingerprint density at radius 3 is 2.26 bits per heavy atom. The van der Waals surface area contributed by atoms with Gasteiger partial charge in [0.2, 0.25) is 11.8 Å². The molecule has 1 amide bonds. The number of nitrogens with zero attached hydrogens (tertiary/aromatic N) is 1. The van der Waals surface area contributed by atoms with Gasteiger partial charge in [0.1, 0.15) is 17.6 Å². The van der Waals surface area contributed by atoms with Gasteiger partial charge in [0.25, 0.3) is 0 Å². The van der Waals surface area contributed by atoms with Gasteiger partial charge in [-0.1, -0.05) is 67.1 Å². The molecule has 1 unspecified atom stereocenters. The molecule has 0 fully saturated rings. The molecule has 2 N–H and O–H groups in total. The number of aromatic nitrogens is 1. The van der Waals surface area contributed by atoms with Gasteiger partial charge >= 0.3 is 5.97 Å². The second-order valence-corrected chi connectivity index (χ2v) is 9.78. The van der Waals surface area contributed by atoms with E-state index in [1.165, 1.54) is 5.56 Å². The molecule has 1 heterocycles. The van der Waals surface area contributed by atoms with Crippen molar-refractivity contribution in [1.82, 2.24) is 10.3 Å². The van der Waals surface area contributed by atoms with Crippen LogP contribution in [0.1, 0.15) is 35.9 Å². The summed E-state index contributed by atoms with van der Waals surface area (Å²) in [5, 5.41) is 11.9. The molecule has 0 bridgehead atoms. The fourth-order valence-corrected chi connectivity index (χ4v) is 4.22.